The van der Waals surface area contributed by atoms with Crippen LogP contribution in [0.3, 0.4) is 0 Å². The first-order valence-corrected chi connectivity index (χ1v) is 12.5. The molecule has 1 N–H and O–H groups in total. The number of carbonyl (C=O) groups is 1. The third-order valence-corrected chi connectivity index (χ3v) is 7.95. The summed E-state index contributed by atoms with van der Waals surface area (Å²) in [4.78, 5) is 31.7. The molecule has 3 aliphatic heterocycles. The number of non-ortho nitro benzene ring substituents is 1. The fourth-order valence-electron chi connectivity index (χ4n) is 6.14. The molecule has 0 spiro atoms. The van der Waals surface area contributed by atoms with E-state index in [9.17, 15) is 14.9 Å². The van der Waals surface area contributed by atoms with Crippen LogP contribution in [-0.2, 0) is 16.0 Å². The highest BCUT2D eigenvalue weighted by molar-refractivity contribution is 5.82. The van der Waals surface area contributed by atoms with Gasteiger partial charge in [0.2, 0.25) is 5.91 Å². The number of piperazine rings is 1. The van der Waals surface area contributed by atoms with Crippen LogP contribution in [-0.4, -0.2) is 91.7 Å². The van der Waals surface area contributed by atoms with Gasteiger partial charge in [-0.3, -0.25) is 24.7 Å². The van der Waals surface area contributed by atoms with Gasteiger partial charge in [0, 0.05) is 69.7 Å². The van der Waals surface area contributed by atoms with Crippen molar-refractivity contribution in [2.24, 2.45) is 5.92 Å². The molecule has 5 rings (SSSR count). The molecular weight excluding hydrogens is 422 g/mol. The molecule has 2 saturated heterocycles. The van der Waals surface area contributed by atoms with Crippen LogP contribution in [0.15, 0.2) is 18.2 Å². The number of amides is 1. The van der Waals surface area contributed by atoms with E-state index in [4.69, 9.17) is 4.74 Å². The normalized spacial score (nSPS) is 26.6. The van der Waals surface area contributed by atoms with Gasteiger partial charge in [-0.1, -0.05) is 12.8 Å². The lowest BCUT2D eigenvalue weighted by atomic mass is 9.83. The fraction of sp³-hybridized carbons (Fsp3) is 0.708. The molecule has 180 valence electrons. The van der Waals surface area contributed by atoms with Crippen molar-refractivity contribution < 1.29 is 14.5 Å². The highest BCUT2D eigenvalue weighted by Gasteiger charge is 2.43. The second-order valence-electron chi connectivity index (χ2n) is 9.82. The van der Waals surface area contributed by atoms with Crippen molar-refractivity contribution in [1.82, 2.24) is 15.1 Å². The van der Waals surface area contributed by atoms with Crippen molar-refractivity contribution in [3.63, 3.8) is 0 Å². The topological polar surface area (TPSA) is 91.2 Å². The lowest BCUT2D eigenvalue weighted by Crippen LogP contribution is -2.62. The van der Waals surface area contributed by atoms with E-state index in [0.29, 0.717) is 19.0 Å². The largest absolute Gasteiger partial charge is 0.379 e. The summed E-state index contributed by atoms with van der Waals surface area (Å²) in [5, 5.41) is 14.5. The lowest BCUT2D eigenvalue weighted by Gasteiger charge is -2.50. The number of morpholine rings is 1. The van der Waals surface area contributed by atoms with E-state index in [2.05, 4.69) is 20.0 Å². The van der Waals surface area contributed by atoms with E-state index in [1.165, 1.54) is 25.7 Å². The number of fused-ring (bicyclic) bond motifs is 3. The Bertz CT molecular complexity index is 868. The number of rotatable bonds is 6. The number of hydrogen-bond acceptors (Lipinski definition) is 7. The van der Waals surface area contributed by atoms with E-state index < -0.39 is 0 Å². The number of carbonyl (C=O) groups excluding carboxylic acids is 1. The van der Waals surface area contributed by atoms with Gasteiger partial charge in [0.05, 0.1) is 30.1 Å². The van der Waals surface area contributed by atoms with Crippen molar-refractivity contribution in [3.05, 3.63) is 33.9 Å². The number of ether oxygens (including phenoxy) is 1. The summed E-state index contributed by atoms with van der Waals surface area (Å²) in [5.41, 5.74) is 2.08. The average molecular weight is 458 g/mol. The van der Waals surface area contributed by atoms with Crippen LogP contribution >= 0.6 is 0 Å². The third-order valence-electron chi connectivity index (χ3n) is 7.95. The molecule has 9 heteroatoms. The Morgan fingerprint density at radius 3 is 2.70 bits per heavy atom. The van der Waals surface area contributed by atoms with Crippen LogP contribution < -0.4 is 10.2 Å². The predicted octanol–water partition coefficient (Wildman–Crippen LogP) is 1.65. The Morgan fingerprint density at radius 1 is 1.15 bits per heavy atom. The minimum Gasteiger partial charge on any atom is -0.379 e. The number of benzene rings is 1. The molecule has 1 saturated carbocycles. The molecule has 1 aromatic rings. The Balaban J connectivity index is 1.32. The first-order chi connectivity index (χ1) is 16.1. The molecule has 1 aromatic carbocycles. The second kappa shape index (κ2) is 9.95. The minimum absolute atomic E-state index is 0.0729. The lowest BCUT2D eigenvalue weighted by molar-refractivity contribution is -0.384. The SMILES string of the molecule is O=C(NCCN1CCOCC1)[C@@H]1Cc2cc([N+](=O)[O-])ccc2N2CCN(C3CCCC3)C[C@@H]12. The van der Waals surface area contributed by atoms with Gasteiger partial charge in [-0.2, -0.15) is 0 Å². The zero-order chi connectivity index (χ0) is 22.8. The maximum absolute atomic E-state index is 13.4. The molecule has 0 unspecified atom stereocenters. The number of nitrogens with zero attached hydrogens (tertiary/aromatic N) is 4. The first-order valence-electron chi connectivity index (χ1n) is 12.5. The molecule has 4 aliphatic rings. The van der Waals surface area contributed by atoms with Crippen molar-refractivity contribution in [2.45, 2.75) is 44.2 Å². The third kappa shape index (κ3) is 4.85. The summed E-state index contributed by atoms with van der Waals surface area (Å²) in [6.07, 6.45) is 5.67. The molecule has 0 aromatic heterocycles. The molecule has 3 fully saturated rings. The van der Waals surface area contributed by atoms with Crippen LogP contribution in [0.5, 0.6) is 0 Å². The summed E-state index contributed by atoms with van der Waals surface area (Å²) >= 11 is 0. The summed E-state index contributed by atoms with van der Waals surface area (Å²) in [6.45, 7) is 7.50. The number of nitrogens with one attached hydrogen (secondary N) is 1. The van der Waals surface area contributed by atoms with Crippen molar-refractivity contribution >= 4 is 17.3 Å². The Hall–Kier alpha value is -2.23. The Labute approximate surface area is 195 Å². The van der Waals surface area contributed by atoms with E-state index in [1.54, 1.807) is 12.1 Å². The number of hydrogen-bond donors (Lipinski definition) is 1. The molecule has 3 heterocycles. The maximum Gasteiger partial charge on any atom is 0.269 e. The van der Waals surface area contributed by atoms with Crippen LogP contribution in [0.1, 0.15) is 31.2 Å². The van der Waals surface area contributed by atoms with E-state index in [-0.39, 0.29) is 28.5 Å². The number of anilines is 1. The van der Waals surface area contributed by atoms with Gasteiger partial charge >= 0.3 is 0 Å². The molecule has 9 nitrogen and oxygen atoms in total. The van der Waals surface area contributed by atoms with Crippen molar-refractivity contribution in [1.29, 1.82) is 0 Å². The Kier molecular flexibility index (Phi) is 6.80. The van der Waals surface area contributed by atoms with E-state index in [1.807, 2.05) is 6.07 Å². The molecular formula is C24H35N5O4. The van der Waals surface area contributed by atoms with Gasteiger partial charge < -0.3 is 15.0 Å². The standard InChI is InChI=1S/C24H35N5O4/c30-24(25-7-8-26-11-13-33-14-12-26)21-16-18-15-20(29(31)32)5-6-22(18)28-10-9-27(17-23(21)28)19-3-1-2-4-19/h5-6,15,19,21,23H,1-4,7-14,16-17H2,(H,25,30)/t21-,23+/m1/s1. The van der Waals surface area contributed by atoms with Crippen LogP contribution in [0, 0.1) is 16.0 Å². The second-order valence-corrected chi connectivity index (χ2v) is 9.82. The zero-order valence-corrected chi connectivity index (χ0v) is 19.3. The number of nitro benzene ring substituents is 1. The highest BCUT2D eigenvalue weighted by atomic mass is 16.6. The maximum atomic E-state index is 13.4. The van der Waals surface area contributed by atoms with E-state index in [0.717, 1.165) is 63.7 Å². The van der Waals surface area contributed by atoms with Crippen LogP contribution in [0.4, 0.5) is 11.4 Å². The molecule has 33 heavy (non-hydrogen) atoms. The fourth-order valence-corrected chi connectivity index (χ4v) is 6.14. The highest BCUT2D eigenvalue weighted by Crippen LogP contribution is 2.39. The monoisotopic (exact) mass is 457 g/mol. The van der Waals surface area contributed by atoms with Gasteiger partial charge in [0.25, 0.3) is 5.69 Å². The smallest absolute Gasteiger partial charge is 0.269 e. The van der Waals surface area contributed by atoms with Crippen molar-refractivity contribution in [3.8, 4) is 0 Å². The molecule has 1 amide bonds. The van der Waals surface area contributed by atoms with Crippen LogP contribution in [0.25, 0.3) is 0 Å². The van der Waals surface area contributed by atoms with E-state index >= 15 is 0 Å². The van der Waals surface area contributed by atoms with Gasteiger partial charge in [-0.25, -0.2) is 0 Å². The summed E-state index contributed by atoms with van der Waals surface area (Å²) in [7, 11) is 0. The molecule has 0 bridgehead atoms. The predicted molar refractivity (Wildman–Crippen MR) is 126 cm³/mol. The van der Waals surface area contributed by atoms with Crippen molar-refractivity contribution in [2.75, 3.05) is 63.9 Å². The van der Waals surface area contributed by atoms with Gasteiger partial charge in [-0.05, 0) is 30.9 Å². The first kappa shape index (κ1) is 22.6. The molecule has 2 atom stereocenters. The average Bonchev–Trinajstić information content (AvgIpc) is 3.38. The molecule has 1 aliphatic carbocycles. The van der Waals surface area contributed by atoms with Gasteiger partial charge in [0.1, 0.15) is 0 Å². The minimum atomic E-state index is -0.345. The summed E-state index contributed by atoms with van der Waals surface area (Å²) < 4.78 is 5.41. The summed E-state index contributed by atoms with van der Waals surface area (Å²) in [5.74, 6) is -0.128. The van der Waals surface area contributed by atoms with Gasteiger partial charge in [0.15, 0.2) is 0 Å². The number of nitro groups is 1. The van der Waals surface area contributed by atoms with Gasteiger partial charge in [-0.15, -0.1) is 0 Å². The molecule has 0 radical (unpaired) electrons. The Morgan fingerprint density at radius 2 is 1.94 bits per heavy atom. The zero-order valence-electron chi connectivity index (χ0n) is 19.3. The quantitative estimate of drug-likeness (QED) is 0.513. The van der Waals surface area contributed by atoms with Crippen LogP contribution in [0.2, 0.25) is 0 Å². The summed E-state index contributed by atoms with van der Waals surface area (Å²) in [6, 6.07) is 5.90.